The second-order valence-corrected chi connectivity index (χ2v) is 2.43. The molecule has 0 aromatic rings. The molecule has 0 fully saturated rings. The van der Waals surface area contributed by atoms with Crippen molar-refractivity contribution in [1.29, 1.82) is 0 Å². The fourth-order valence-electron chi connectivity index (χ4n) is 0.575. The van der Waals surface area contributed by atoms with E-state index in [1.54, 1.807) is 6.92 Å². The number of urea groups is 1. The number of nitrogens with zero attached hydrogens (tertiary/aromatic N) is 2. The molecule has 0 aromatic carbocycles. The van der Waals surface area contributed by atoms with Crippen LogP contribution in [0.3, 0.4) is 0 Å². The number of hydroxylamine groups is 2. The minimum atomic E-state index is -0.544. The third-order valence-electron chi connectivity index (χ3n) is 1.16. The van der Waals surface area contributed by atoms with Gasteiger partial charge < -0.3 is 0 Å². The number of carbonyl (C=O) groups excluding carboxylic acids is 1. The van der Waals surface area contributed by atoms with Crippen molar-refractivity contribution in [3.05, 3.63) is 0 Å². The summed E-state index contributed by atoms with van der Waals surface area (Å²) in [4.78, 5) is 10.6. The van der Waals surface area contributed by atoms with Gasteiger partial charge in [0, 0.05) is 12.8 Å². The van der Waals surface area contributed by atoms with Gasteiger partial charge in [0.1, 0.15) is 0 Å². The van der Waals surface area contributed by atoms with Crippen LogP contribution in [0, 0.1) is 0 Å². The van der Waals surface area contributed by atoms with Gasteiger partial charge in [-0.2, -0.15) is 3.98 Å². The second-order valence-electron chi connectivity index (χ2n) is 1.97. The van der Waals surface area contributed by atoms with E-state index in [9.17, 15) is 4.79 Å². The third-order valence-corrected chi connectivity index (χ3v) is 1.61. The molecule has 6 heteroatoms. The summed E-state index contributed by atoms with van der Waals surface area (Å²) in [6, 6.07) is -0.544. The molecule has 0 saturated heterocycles. The Labute approximate surface area is 63.4 Å². The average Bonchev–Trinajstić information content (AvgIpc) is 1.84. The van der Waals surface area contributed by atoms with Crippen LogP contribution in [0.1, 0.15) is 6.92 Å². The molecule has 0 spiro atoms. The monoisotopic (exact) mass is 162 g/mol. The lowest BCUT2D eigenvalue weighted by Crippen LogP contribution is -2.51. The number of carbonyl (C=O) groups is 1. The minimum Gasteiger partial charge on any atom is -0.276 e. The highest BCUT2D eigenvalue weighted by atomic mass is 32.1. The van der Waals surface area contributed by atoms with Crippen molar-refractivity contribution in [1.82, 2.24) is 10.4 Å². The third kappa shape index (κ3) is 1.22. The molecule has 1 aliphatic rings. The van der Waals surface area contributed by atoms with Crippen molar-refractivity contribution in [2.45, 2.75) is 13.1 Å². The molecule has 1 aliphatic heterocycles. The summed E-state index contributed by atoms with van der Waals surface area (Å²) in [5.41, 5.74) is 0. The average molecular weight is 162 g/mol. The Bertz CT molecular complexity index is 193. The van der Waals surface area contributed by atoms with Crippen molar-refractivity contribution in [2.24, 2.45) is 0 Å². The summed E-state index contributed by atoms with van der Waals surface area (Å²) >= 11 is 3.92. The van der Waals surface area contributed by atoms with E-state index in [1.165, 1.54) is 10.3 Å². The molecule has 0 saturated carbocycles. The molecule has 1 atom stereocenters. The molecule has 0 bridgehead atoms. The highest BCUT2D eigenvalue weighted by molar-refractivity contribution is 7.73. The molecule has 1 unspecified atom stereocenters. The Morgan fingerprint density at radius 1 is 2.00 bits per heavy atom. The lowest BCUT2D eigenvalue weighted by Gasteiger charge is -2.16. The van der Waals surface area contributed by atoms with Crippen LogP contribution in [0.2, 0.25) is 0 Å². The molecule has 1 heterocycles. The van der Waals surface area contributed by atoms with E-state index in [2.05, 4.69) is 18.1 Å². The fraction of sp³-hybridized carbons (Fsp3) is 0.500. The molecular formula is C4H8N3O2S+. The van der Waals surface area contributed by atoms with E-state index >= 15 is 0 Å². The smallest absolute Gasteiger partial charge is 0.276 e. The van der Waals surface area contributed by atoms with Gasteiger partial charge in [-0.3, -0.25) is 5.32 Å². The van der Waals surface area contributed by atoms with Gasteiger partial charge in [-0.15, -0.1) is 0 Å². The van der Waals surface area contributed by atoms with Crippen LogP contribution in [0.15, 0.2) is 0 Å². The van der Waals surface area contributed by atoms with E-state index in [0.29, 0.717) is 5.06 Å². The van der Waals surface area contributed by atoms with Crippen LogP contribution in [-0.4, -0.2) is 32.8 Å². The summed E-state index contributed by atoms with van der Waals surface area (Å²) < 4.78 is 1.38. The van der Waals surface area contributed by atoms with Crippen LogP contribution < -0.4 is 5.32 Å². The lowest BCUT2D eigenvalue weighted by atomic mass is 10.5. The van der Waals surface area contributed by atoms with Crippen molar-refractivity contribution in [3.63, 3.8) is 0 Å². The summed E-state index contributed by atoms with van der Waals surface area (Å²) in [7, 11) is 0. The molecule has 1 rings (SSSR count). The van der Waals surface area contributed by atoms with Gasteiger partial charge in [0.25, 0.3) is 6.34 Å². The Morgan fingerprint density at radius 2 is 2.60 bits per heavy atom. The Kier molecular flexibility index (Phi) is 1.82. The van der Waals surface area contributed by atoms with Gasteiger partial charge in [-0.1, -0.05) is 0 Å². The maximum Gasteiger partial charge on any atom is 0.442 e. The summed E-state index contributed by atoms with van der Waals surface area (Å²) in [5, 5.41) is 11.6. The van der Waals surface area contributed by atoms with E-state index in [1.807, 2.05) is 0 Å². The molecule has 5 nitrogen and oxygen atoms in total. The molecule has 0 aromatic heterocycles. The number of hydrogen-bond donors (Lipinski definition) is 3. The van der Waals surface area contributed by atoms with Crippen molar-refractivity contribution in [2.75, 3.05) is 0 Å². The van der Waals surface area contributed by atoms with Crippen LogP contribution in [0.4, 0.5) is 4.79 Å². The van der Waals surface area contributed by atoms with Gasteiger partial charge in [0.05, 0.1) is 0 Å². The van der Waals surface area contributed by atoms with Crippen LogP contribution in [0.25, 0.3) is 0 Å². The lowest BCUT2D eigenvalue weighted by molar-refractivity contribution is -0.406. The maximum atomic E-state index is 10.6. The first kappa shape index (κ1) is 7.36. The van der Waals surface area contributed by atoms with Crippen molar-refractivity contribution < 1.29 is 14.0 Å². The van der Waals surface area contributed by atoms with E-state index in [0.717, 1.165) is 0 Å². The summed E-state index contributed by atoms with van der Waals surface area (Å²) in [6.45, 7) is 1.74. The first-order valence-corrected chi connectivity index (χ1v) is 3.12. The summed E-state index contributed by atoms with van der Waals surface area (Å²) in [5.74, 6) is 0. The molecule has 10 heavy (non-hydrogen) atoms. The van der Waals surface area contributed by atoms with E-state index in [4.69, 9.17) is 5.21 Å². The zero-order chi connectivity index (χ0) is 7.72. The quantitative estimate of drug-likeness (QED) is 0.259. The predicted molar refractivity (Wildman–Crippen MR) is 36.9 cm³/mol. The largest absolute Gasteiger partial charge is 0.442 e. The Balaban J connectivity index is 2.79. The Hall–Kier alpha value is -0.750. The molecule has 0 aliphatic carbocycles. The zero-order valence-electron chi connectivity index (χ0n) is 5.35. The Morgan fingerprint density at radius 3 is 3.10 bits per heavy atom. The molecule has 2 N–H and O–H groups in total. The van der Waals surface area contributed by atoms with Crippen LogP contribution >= 0.6 is 12.8 Å². The van der Waals surface area contributed by atoms with Gasteiger partial charge in [-0.05, 0) is 12.0 Å². The van der Waals surface area contributed by atoms with E-state index in [-0.39, 0.29) is 6.17 Å². The zero-order valence-corrected chi connectivity index (χ0v) is 6.25. The standard InChI is InChI=1S/C4H7N3O2S/c1-3-5-4(8)6(9)2-7(3)10/h2-3H,1H3,(H2-,5,8,9,10)/p+1. The van der Waals surface area contributed by atoms with Gasteiger partial charge >= 0.3 is 6.03 Å². The molecule has 56 valence electrons. The number of hydrogen-bond acceptors (Lipinski definition) is 3. The maximum absolute atomic E-state index is 10.6. The van der Waals surface area contributed by atoms with Gasteiger partial charge in [-0.25, -0.2) is 10.0 Å². The number of rotatable bonds is 0. The first-order chi connectivity index (χ1) is 4.61. The van der Waals surface area contributed by atoms with Crippen LogP contribution in [0.5, 0.6) is 0 Å². The minimum absolute atomic E-state index is 0.195. The number of thiol groups is 1. The van der Waals surface area contributed by atoms with Gasteiger partial charge in [0.15, 0.2) is 6.17 Å². The number of amides is 2. The highest BCUT2D eigenvalue weighted by Gasteiger charge is 2.27. The number of nitrogens with one attached hydrogen (secondary N) is 1. The first-order valence-electron chi connectivity index (χ1n) is 2.72. The molecular weight excluding hydrogens is 154 g/mol. The normalized spacial score (nSPS) is 25.9. The van der Waals surface area contributed by atoms with E-state index < -0.39 is 6.03 Å². The van der Waals surface area contributed by atoms with Crippen LogP contribution in [-0.2, 0) is 0 Å². The van der Waals surface area contributed by atoms with Crippen molar-refractivity contribution >= 4 is 25.2 Å². The van der Waals surface area contributed by atoms with Crippen molar-refractivity contribution in [3.8, 4) is 0 Å². The fourth-order valence-corrected chi connectivity index (χ4v) is 0.731. The molecule has 0 radical (unpaired) electrons. The van der Waals surface area contributed by atoms with Gasteiger partial charge in [0.2, 0.25) is 0 Å². The molecule has 2 amide bonds. The second kappa shape index (κ2) is 2.47. The SMILES string of the molecule is CC1NC(=O)N(O)C=[N+]1S. The topological polar surface area (TPSA) is 55.6 Å². The highest BCUT2D eigenvalue weighted by Crippen LogP contribution is 1.96. The summed E-state index contributed by atoms with van der Waals surface area (Å²) in [6.07, 6.45) is 0.992. The predicted octanol–water partition coefficient (Wildman–Crippen LogP) is -0.368.